The van der Waals surface area contributed by atoms with Crippen molar-refractivity contribution in [2.24, 2.45) is 0 Å². The topological polar surface area (TPSA) is 187 Å². The van der Waals surface area contributed by atoms with Crippen molar-refractivity contribution in [3.05, 3.63) is 96.8 Å². The van der Waals surface area contributed by atoms with Crippen LogP contribution in [0.2, 0.25) is 0 Å². The van der Waals surface area contributed by atoms with Crippen LogP contribution in [0.25, 0.3) is 0 Å². The number of carbonyl (C=O) groups excluding carboxylic acids is 1. The maximum absolute atomic E-state index is 13.0. The van der Waals surface area contributed by atoms with Gasteiger partial charge in [-0.2, -0.15) is 13.2 Å². The van der Waals surface area contributed by atoms with Crippen molar-refractivity contribution in [3.8, 4) is 0 Å². The molecule has 0 atom stereocenters. The number of aromatic nitrogens is 2. The van der Waals surface area contributed by atoms with E-state index in [4.69, 9.17) is 11.5 Å². The van der Waals surface area contributed by atoms with Gasteiger partial charge < -0.3 is 21.5 Å². The van der Waals surface area contributed by atoms with E-state index in [0.717, 1.165) is 29.4 Å². The van der Waals surface area contributed by atoms with Gasteiger partial charge >= 0.3 is 6.18 Å². The summed E-state index contributed by atoms with van der Waals surface area (Å²) < 4.78 is 100. The van der Waals surface area contributed by atoms with Gasteiger partial charge in [-0.1, -0.05) is 24.3 Å². The average molecular weight is 653 g/mol. The molecular formula is C27H22F4N5O6S2. The fourth-order valence-corrected chi connectivity index (χ4v) is 6.42. The summed E-state index contributed by atoms with van der Waals surface area (Å²) in [7, 11) is -7.70. The minimum Gasteiger partial charge on any atom is -0.397 e. The van der Waals surface area contributed by atoms with Crippen molar-refractivity contribution in [3.63, 3.8) is 0 Å². The molecule has 3 heterocycles. The number of nitrogens with two attached hydrogens (primary N) is 2. The zero-order valence-electron chi connectivity index (χ0n) is 22.2. The number of nitrogen functional groups attached to an aromatic ring is 2. The molecule has 1 saturated heterocycles. The Morgan fingerprint density at radius 1 is 0.864 bits per heavy atom. The number of likely N-dealkylation sites (tertiary alicyclic amines) is 1. The van der Waals surface area contributed by atoms with E-state index in [9.17, 15) is 44.3 Å². The molecule has 5 N–H and O–H groups in total. The third-order valence-corrected chi connectivity index (χ3v) is 9.73. The highest BCUT2D eigenvalue weighted by Crippen LogP contribution is 2.38. The van der Waals surface area contributed by atoms with Gasteiger partial charge in [-0.3, -0.25) is 9.78 Å². The predicted octanol–water partition coefficient (Wildman–Crippen LogP) is 2.68. The molecule has 0 aliphatic carbocycles. The molecule has 0 saturated carbocycles. The molecule has 17 heteroatoms. The van der Waals surface area contributed by atoms with Crippen LogP contribution in [0.3, 0.4) is 0 Å². The quantitative estimate of drug-likeness (QED) is 0.271. The number of hydrogen-bond acceptors (Lipinski definition) is 10. The summed E-state index contributed by atoms with van der Waals surface area (Å²) in [6, 6.07) is 14.5. The first-order chi connectivity index (χ1) is 20.5. The average Bonchev–Trinajstić information content (AvgIpc) is 2.95. The molecule has 44 heavy (non-hydrogen) atoms. The van der Waals surface area contributed by atoms with Crippen molar-refractivity contribution < 1.29 is 44.3 Å². The van der Waals surface area contributed by atoms with Crippen LogP contribution >= 0.6 is 0 Å². The van der Waals surface area contributed by atoms with E-state index in [1.807, 2.05) is 0 Å². The number of sulfone groups is 2. The molecule has 2 aromatic heterocycles. The lowest BCUT2D eigenvalue weighted by Crippen LogP contribution is -2.70. The highest BCUT2D eigenvalue weighted by atomic mass is 32.2. The molecule has 4 aromatic rings. The first-order valence-corrected chi connectivity index (χ1v) is 15.2. The summed E-state index contributed by atoms with van der Waals surface area (Å²) in [5, 5.41) is 9.41. The maximum Gasteiger partial charge on any atom is 0.420 e. The van der Waals surface area contributed by atoms with Crippen molar-refractivity contribution in [1.82, 2.24) is 14.9 Å². The summed E-state index contributed by atoms with van der Waals surface area (Å²) in [5.41, 5.74) is 7.59. The largest absolute Gasteiger partial charge is 0.420 e. The van der Waals surface area contributed by atoms with E-state index in [1.165, 1.54) is 48.5 Å². The van der Waals surface area contributed by atoms with Gasteiger partial charge in [-0.05, 0) is 42.5 Å². The Bertz CT molecular complexity index is 1870. The van der Waals surface area contributed by atoms with Gasteiger partial charge in [-0.15, -0.1) is 0 Å². The number of pyridine rings is 2. The maximum atomic E-state index is 13.0. The zero-order chi connectivity index (χ0) is 32.5. The van der Waals surface area contributed by atoms with Gasteiger partial charge in [0.25, 0.3) is 5.91 Å². The number of carbonyl (C=O) groups is 1. The Hall–Kier alpha value is -4.61. The van der Waals surface area contributed by atoms with Crippen LogP contribution in [-0.2, 0) is 19.7 Å². The summed E-state index contributed by atoms with van der Waals surface area (Å²) in [4.78, 5) is 19.8. The first kappa shape index (κ1) is 32.3. The molecule has 1 radical (unpaired) electrons. The Morgan fingerprint density at radius 2 is 1.45 bits per heavy atom. The number of aliphatic hydroxyl groups is 1. The smallest absolute Gasteiger partial charge is 0.397 e. The van der Waals surface area contributed by atoms with E-state index >= 15 is 0 Å². The molecule has 5 rings (SSSR count). The second-order valence-electron chi connectivity index (χ2n) is 9.45. The van der Waals surface area contributed by atoms with E-state index in [0.29, 0.717) is 0 Å². The Kier molecular flexibility index (Phi) is 8.68. The third kappa shape index (κ3) is 6.48. The second kappa shape index (κ2) is 11.8. The molecule has 0 bridgehead atoms. The van der Waals surface area contributed by atoms with Crippen LogP contribution in [0.15, 0.2) is 98.7 Å². The van der Waals surface area contributed by atoms with E-state index in [1.54, 1.807) is 6.07 Å². The lowest BCUT2D eigenvalue weighted by atomic mass is 9.93. The third-order valence-electron chi connectivity index (χ3n) is 6.28. The molecule has 11 nitrogen and oxygen atoms in total. The highest BCUT2D eigenvalue weighted by molar-refractivity contribution is 7.91. The Morgan fingerprint density at radius 3 is 2.02 bits per heavy atom. The summed E-state index contributed by atoms with van der Waals surface area (Å²) in [6.45, 7) is -1.89. The number of nitrogens with zero attached hydrogens (tertiary/aromatic N) is 3. The van der Waals surface area contributed by atoms with E-state index in [-0.39, 0.29) is 36.7 Å². The normalized spacial score (nSPS) is 14.6. The number of amides is 1. The van der Waals surface area contributed by atoms with Crippen LogP contribution in [0.4, 0.5) is 28.9 Å². The van der Waals surface area contributed by atoms with Crippen LogP contribution in [0.1, 0.15) is 10.5 Å². The molecule has 1 fully saturated rings. The summed E-state index contributed by atoms with van der Waals surface area (Å²) >= 11 is 0. The van der Waals surface area contributed by atoms with Gasteiger partial charge in [0.05, 0.1) is 44.0 Å². The molecule has 1 amide bonds. The monoisotopic (exact) mass is 652 g/mol. The predicted molar refractivity (Wildman–Crippen MR) is 147 cm³/mol. The lowest BCUT2D eigenvalue weighted by Gasteiger charge is -2.46. The molecule has 1 aliphatic rings. The standard InChI is InChI=1S/C16H14F3N3O4S.C11H8FN2O2S/c17-16(18,19)15(24)8-22(9-15)14(23)13-12(20)6-11(7-21-13)27(25,26)10-4-2-1-3-5-10;12-8-2-1-3-10(4-8)17(15,16)11-5-9(13)6-14-7-11/h1-7,24H,8-9,20H2;1-5,7H,13H2. The number of rotatable bonds is 5. The van der Waals surface area contributed by atoms with Crippen LogP contribution in [0, 0.1) is 12.0 Å². The fourth-order valence-electron chi connectivity index (χ4n) is 3.89. The summed E-state index contributed by atoms with van der Waals surface area (Å²) in [6.07, 6.45) is -0.429. The minimum absolute atomic E-state index is 0.00302. The fraction of sp³-hybridized carbons (Fsp3) is 0.148. The number of anilines is 2. The molecule has 231 valence electrons. The van der Waals surface area contributed by atoms with Crippen molar-refractivity contribution in [2.75, 3.05) is 24.6 Å². The minimum atomic E-state index is -4.86. The zero-order valence-corrected chi connectivity index (χ0v) is 23.9. The van der Waals surface area contributed by atoms with Crippen LogP contribution < -0.4 is 11.5 Å². The lowest BCUT2D eigenvalue weighted by molar-refractivity contribution is -0.294. The van der Waals surface area contributed by atoms with Crippen molar-refractivity contribution >= 4 is 37.0 Å². The van der Waals surface area contributed by atoms with Gasteiger partial charge in [-0.25, -0.2) is 26.2 Å². The van der Waals surface area contributed by atoms with Gasteiger partial charge in [0.2, 0.25) is 19.7 Å². The molecule has 0 unspecified atom stereocenters. The number of alkyl halides is 3. The Labute approximate surface area is 248 Å². The molecule has 0 spiro atoms. The van der Waals surface area contributed by atoms with Crippen molar-refractivity contribution in [2.45, 2.75) is 31.4 Å². The highest BCUT2D eigenvalue weighted by Gasteiger charge is 2.62. The molecular weight excluding hydrogens is 630 g/mol. The molecule has 1 aliphatic heterocycles. The SMILES string of the molecule is Nc1[c]ncc(S(=O)(=O)c2cccc(F)c2)c1.Nc1cc(S(=O)(=O)c2ccccc2)cnc1C(=O)N1CC(O)(C(F)(F)F)C1. The summed E-state index contributed by atoms with van der Waals surface area (Å²) in [5.74, 6) is -1.54. The van der Waals surface area contributed by atoms with E-state index in [2.05, 4.69) is 16.2 Å². The van der Waals surface area contributed by atoms with Crippen molar-refractivity contribution in [1.29, 1.82) is 0 Å². The van der Waals surface area contributed by atoms with Gasteiger partial charge in [0, 0.05) is 12.4 Å². The van der Waals surface area contributed by atoms with Gasteiger partial charge in [0.15, 0.2) is 11.3 Å². The first-order valence-electron chi connectivity index (χ1n) is 12.2. The van der Waals surface area contributed by atoms with E-state index < -0.39 is 56.3 Å². The second-order valence-corrected chi connectivity index (χ2v) is 13.3. The number of benzene rings is 2. The number of hydrogen-bond donors (Lipinski definition) is 3. The van der Waals surface area contributed by atoms with Crippen LogP contribution in [0.5, 0.6) is 0 Å². The number of β-amino-alcohol motifs (C(OH)–C–C–N with tert-alkyl or cyclic N) is 1. The molecule has 2 aromatic carbocycles. The number of halogens is 4. The Balaban J connectivity index is 0.000000223. The van der Waals surface area contributed by atoms with Crippen LogP contribution in [-0.4, -0.2) is 67.6 Å². The van der Waals surface area contributed by atoms with Gasteiger partial charge in [0.1, 0.15) is 12.0 Å².